The van der Waals surface area contributed by atoms with Crippen LogP contribution in [-0.4, -0.2) is 17.1 Å². The highest BCUT2D eigenvalue weighted by Crippen LogP contribution is 2.37. The topological polar surface area (TPSA) is 35.0 Å². The number of nitrogens with zero attached hydrogens (tertiary/aromatic N) is 2. The van der Waals surface area contributed by atoms with Crippen LogP contribution in [0.3, 0.4) is 0 Å². The summed E-state index contributed by atoms with van der Waals surface area (Å²) in [6.07, 6.45) is -4.51. The molecule has 0 aliphatic heterocycles. The van der Waals surface area contributed by atoms with Crippen molar-refractivity contribution in [3.05, 3.63) is 53.2 Å². The van der Waals surface area contributed by atoms with Crippen molar-refractivity contribution in [2.45, 2.75) is 6.18 Å². The molecule has 0 N–H and O–H groups in total. The summed E-state index contributed by atoms with van der Waals surface area (Å²) in [5.74, 6) is 0.317. The van der Waals surface area contributed by atoms with Crippen molar-refractivity contribution in [1.82, 2.24) is 9.97 Å². The van der Waals surface area contributed by atoms with E-state index in [1.807, 2.05) is 0 Å². The predicted molar refractivity (Wildman–Crippen MR) is 81.5 cm³/mol. The fourth-order valence-electron chi connectivity index (χ4n) is 2.30. The maximum atomic E-state index is 13.2. The van der Waals surface area contributed by atoms with Gasteiger partial charge < -0.3 is 4.74 Å². The van der Waals surface area contributed by atoms with Gasteiger partial charge in [-0.3, -0.25) is 0 Å². The summed E-state index contributed by atoms with van der Waals surface area (Å²) >= 11 is 6.12. The number of hydrogen-bond acceptors (Lipinski definition) is 3. The van der Waals surface area contributed by atoms with Crippen LogP contribution in [0.5, 0.6) is 5.75 Å². The molecule has 1 heterocycles. The smallest absolute Gasteiger partial charge is 0.417 e. The van der Waals surface area contributed by atoms with Gasteiger partial charge in [0.15, 0.2) is 5.82 Å². The van der Waals surface area contributed by atoms with Crippen molar-refractivity contribution < 1.29 is 17.9 Å². The van der Waals surface area contributed by atoms with Crippen molar-refractivity contribution in [2.75, 3.05) is 7.11 Å². The third-order valence-corrected chi connectivity index (χ3v) is 3.62. The molecule has 0 saturated heterocycles. The second kappa shape index (κ2) is 5.70. The summed E-state index contributed by atoms with van der Waals surface area (Å²) in [6.45, 7) is 0. The molecule has 23 heavy (non-hydrogen) atoms. The number of alkyl halides is 3. The van der Waals surface area contributed by atoms with Gasteiger partial charge in [-0.2, -0.15) is 13.2 Å². The largest absolute Gasteiger partial charge is 0.494 e. The first kappa shape index (κ1) is 15.6. The number of para-hydroxylation sites is 1. The molecule has 0 bridgehead atoms. The second-order valence-corrected chi connectivity index (χ2v) is 5.10. The third-order valence-electron chi connectivity index (χ3n) is 3.34. The van der Waals surface area contributed by atoms with Crippen LogP contribution in [0, 0.1) is 0 Å². The number of benzene rings is 2. The minimum Gasteiger partial charge on any atom is -0.494 e. The Hall–Kier alpha value is -2.34. The molecule has 0 aliphatic carbocycles. The van der Waals surface area contributed by atoms with Crippen molar-refractivity contribution in [1.29, 1.82) is 0 Å². The Kier molecular flexibility index (Phi) is 3.85. The van der Waals surface area contributed by atoms with Crippen LogP contribution in [0.15, 0.2) is 42.5 Å². The summed E-state index contributed by atoms with van der Waals surface area (Å²) in [4.78, 5) is 8.25. The quantitative estimate of drug-likeness (QED) is 0.618. The highest BCUT2D eigenvalue weighted by Gasteiger charge is 2.34. The SMILES string of the molecule is COc1cccc2c(Cl)nc(-c3ccccc3C(F)(F)F)nc12. The Balaban J connectivity index is 2.31. The number of rotatable bonds is 2. The molecule has 118 valence electrons. The van der Waals surface area contributed by atoms with Crippen molar-refractivity contribution in [3.63, 3.8) is 0 Å². The van der Waals surface area contributed by atoms with Crippen LogP contribution in [0.2, 0.25) is 5.15 Å². The molecule has 0 fully saturated rings. The lowest BCUT2D eigenvalue weighted by atomic mass is 10.1. The molecular weight excluding hydrogens is 329 g/mol. The lowest BCUT2D eigenvalue weighted by molar-refractivity contribution is -0.137. The van der Waals surface area contributed by atoms with E-state index >= 15 is 0 Å². The van der Waals surface area contributed by atoms with E-state index in [2.05, 4.69) is 9.97 Å². The minimum absolute atomic E-state index is 0.0703. The van der Waals surface area contributed by atoms with Gasteiger partial charge in [0.25, 0.3) is 0 Å². The lowest BCUT2D eigenvalue weighted by Crippen LogP contribution is -2.08. The van der Waals surface area contributed by atoms with E-state index in [1.54, 1.807) is 18.2 Å². The summed E-state index contributed by atoms with van der Waals surface area (Å²) in [6, 6.07) is 10.2. The molecule has 3 rings (SSSR count). The first-order valence-electron chi connectivity index (χ1n) is 6.58. The standard InChI is InChI=1S/C16H10ClF3N2O/c1-23-12-8-4-6-10-13(12)21-15(22-14(10)17)9-5-2-3-7-11(9)16(18,19)20/h2-8H,1H3. The zero-order chi connectivity index (χ0) is 16.6. The van der Waals surface area contributed by atoms with Gasteiger partial charge >= 0.3 is 6.18 Å². The molecular formula is C16H10ClF3N2O. The molecule has 3 aromatic rings. The Bertz CT molecular complexity index is 881. The molecule has 1 aromatic heterocycles. The minimum atomic E-state index is -4.51. The van der Waals surface area contributed by atoms with Crippen LogP contribution in [0.25, 0.3) is 22.3 Å². The van der Waals surface area contributed by atoms with Crippen LogP contribution in [0.1, 0.15) is 5.56 Å². The number of aromatic nitrogens is 2. The van der Waals surface area contributed by atoms with Crippen molar-refractivity contribution in [3.8, 4) is 17.1 Å². The first-order chi connectivity index (χ1) is 10.9. The van der Waals surface area contributed by atoms with Crippen LogP contribution in [-0.2, 0) is 6.18 Å². The number of methoxy groups -OCH3 is 1. The molecule has 7 heteroatoms. The van der Waals surface area contributed by atoms with Gasteiger partial charge in [-0.1, -0.05) is 35.9 Å². The van der Waals surface area contributed by atoms with E-state index in [4.69, 9.17) is 16.3 Å². The predicted octanol–water partition coefficient (Wildman–Crippen LogP) is 4.98. The number of ether oxygens (including phenoxy) is 1. The average molecular weight is 339 g/mol. The molecule has 0 radical (unpaired) electrons. The Morgan fingerprint density at radius 1 is 1.00 bits per heavy atom. The monoisotopic (exact) mass is 338 g/mol. The number of halogens is 4. The molecule has 0 atom stereocenters. The zero-order valence-electron chi connectivity index (χ0n) is 11.9. The summed E-state index contributed by atoms with van der Waals surface area (Å²) in [5, 5.41) is 0.583. The lowest BCUT2D eigenvalue weighted by Gasteiger charge is -2.13. The van der Waals surface area contributed by atoms with Crippen molar-refractivity contribution >= 4 is 22.5 Å². The van der Waals surface area contributed by atoms with E-state index in [0.29, 0.717) is 16.7 Å². The zero-order valence-corrected chi connectivity index (χ0v) is 12.6. The maximum Gasteiger partial charge on any atom is 0.417 e. The van der Waals surface area contributed by atoms with E-state index < -0.39 is 11.7 Å². The third kappa shape index (κ3) is 2.82. The molecule has 0 spiro atoms. The summed E-state index contributed by atoms with van der Waals surface area (Å²) in [5.41, 5.74) is -0.581. The Labute approximate surface area is 134 Å². The molecule has 3 nitrogen and oxygen atoms in total. The number of fused-ring (bicyclic) bond motifs is 1. The van der Waals surface area contributed by atoms with E-state index in [-0.39, 0.29) is 16.5 Å². The van der Waals surface area contributed by atoms with Gasteiger partial charge in [-0.25, -0.2) is 9.97 Å². The second-order valence-electron chi connectivity index (χ2n) is 4.74. The normalized spacial score (nSPS) is 11.7. The van der Waals surface area contributed by atoms with Gasteiger partial charge in [0.2, 0.25) is 0 Å². The first-order valence-corrected chi connectivity index (χ1v) is 6.96. The van der Waals surface area contributed by atoms with Crippen LogP contribution < -0.4 is 4.74 Å². The van der Waals surface area contributed by atoms with E-state index in [0.717, 1.165) is 6.07 Å². The van der Waals surface area contributed by atoms with Crippen LogP contribution in [0.4, 0.5) is 13.2 Å². The molecule has 2 aromatic carbocycles. The van der Waals surface area contributed by atoms with Gasteiger partial charge in [-0.05, 0) is 18.2 Å². The number of hydrogen-bond donors (Lipinski definition) is 0. The molecule has 0 saturated carbocycles. The fourth-order valence-corrected chi connectivity index (χ4v) is 2.53. The van der Waals surface area contributed by atoms with Crippen LogP contribution >= 0.6 is 11.6 Å². The fraction of sp³-hybridized carbons (Fsp3) is 0.125. The highest BCUT2D eigenvalue weighted by molar-refractivity contribution is 6.34. The van der Waals surface area contributed by atoms with Gasteiger partial charge in [0, 0.05) is 10.9 Å². The van der Waals surface area contributed by atoms with Gasteiger partial charge in [0.05, 0.1) is 12.7 Å². The highest BCUT2D eigenvalue weighted by atomic mass is 35.5. The average Bonchev–Trinajstić information content (AvgIpc) is 2.53. The maximum absolute atomic E-state index is 13.2. The Morgan fingerprint density at radius 3 is 2.43 bits per heavy atom. The Morgan fingerprint density at radius 2 is 1.74 bits per heavy atom. The molecule has 0 amide bonds. The molecule has 0 aliphatic rings. The summed E-state index contributed by atoms with van der Waals surface area (Å²) < 4.78 is 44.7. The van der Waals surface area contributed by atoms with Gasteiger partial charge in [-0.15, -0.1) is 0 Å². The molecule has 0 unspecified atom stereocenters. The summed E-state index contributed by atoms with van der Waals surface area (Å²) in [7, 11) is 1.45. The van der Waals surface area contributed by atoms with E-state index in [9.17, 15) is 13.2 Å². The van der Waals surface area contributed by atoms with E-state index in [1.165, 1.54) is 25.3 Å². The van der Waals surface area contributed by atoms with Gasteiger partial charge in [0.1, 0.15) is 16.4 Å². The van der Waals surface area contributed by atoms with Crippen molar-refractivity contribution in [2.24, 2.45) is 0 Å².